The highest BCUT2D eigenvalue weighted by Gasteiger charge is 2.18. The van der Waals surface area contributed by atoms with Gasteiger partial charge in [0.1, 0.15) is 0 Å². The number of hydrogen-bond donors (Lipinski definition) is 1. The van der Waals surface area contributed by atoms with Gasteiger partial charge in [-0.25, -0.2) is 4.98 Å². The molecule has 2 aromatic carbocycles. The average Bonchev–Trinajstić information content (AvgIpc) is 2.71. The third-order valence-electron chi connectivity index (χ3n) is 4.32. The zero-order chi connectivity index (χ0) is 21.8. The van der Waals surface area contributed by atoms with E-state index in [9.17, 15) is 19.7 Å². The maximum absolute atomic E-state index is 12.9. The number of nitro benzene ring substituents is 1. The van der Waals surface area contributed by atoms with Crippen molar-refractivity contribution < 1.29 is 14.5 Å². The molecular weight excluding hydrogens is 432 g/mol. The van der Waals surface area contributed by atoms with Crippen LogP contribution in [-0.4, -0.2) is 34.1 Å². The molecule has 0 aliphatic carbocycles. The lowest BCUT2D eigenvalue weighted by atomic mass is 10.1. The number of carbonyl (C=O) groups is 1. The summed E-state index contributed by atoms with van der Waals surface area (Å²) >= 11 is 7.19. The predicted molar refractivity (Wildman–Crippen MR) is 114 cm³/mol. The summed E-state index contributed by atoms with van der Waals surface area (Å²) in [5, 5.41) is 12.7. The summed E-state index contributed by atoms with van der Waals surface area (Å²) in [6.07, 6.45) is 0. The zero-order valence-electron chi connectivity index (χ0n) is 15.8. The Hall–Kier alpha value is -2.95. The molecule has 1 amide bonds. The van der Waals surface area contributed by atoms with E-state index < -0.39 is 10.8 Å². The highest BCUT2D eigenvalue weighted by molar-refractivity contribution is 7.98. The van der Waals surface area contributed by atoms with Gasteiger partial charge in [0.05, 0.1) is 29.0 Å². The van der Waals surface area contributed by atoms with E-state index in [1.807, 2.05) is 0 Å². The number of methoxy groups -OCH3 is 1. The lowest BCUT2D eigenvalue weighted by Gasteiger charge is -2.13. The summed E-state index contributed by atoms with van der Waals surface area (Å²) in [5.41, 5.74) is 5.57. The highest BCUT2D eigenvalue weighted by Crippen LogP contribution is 2.29. The van der Waals surface area contributed by atoms with Gasteiger partial charge in [-0.15, -0.1) is 0 Å². The van der Waals surface area contributed by atoms with Crippen molar-refractivity contribution in [3.63, 3.8) is 0 Å². The molecule has 0 radical (unpaired) electrons. The molecule has 3 aromatic rings. The van der Waals surface area contributed by atoms with Crippen LogP contribution in [-0.2, 0) is 17.0 Å². The number of fused-ring (bicyclic) bond motifs is 1. The van der Waals surface area contributed by atoms with Crippen molar-refractivity contribution >= 4 is 45.9 Å². The second kappa shape index (κ2) is 9.24. The molecule has 0 fully saturated rings. The molecule has 1 heterocycles. The minimum atomic E-state index is -0.751. The fraction of sp³-hybridized carbons (Fsp3) is 0.211. The first-order chi connectivity index (χ1) is 14.3. The number of thioether (sulfide) groups is 1. The van der Waals surface area contributed by atoms with Gasteiger partial charge in [-0.1, -0.05) is 29.4 Å². The summed E-state index contributed by atoms with van der Waals surface area (Å²) in [6.45, 7) is 0.563. The van der Waals surface area contributed by atoms with Crippen LogP contribution >= 0.6 is 23.4 Å². The zero-order valence-corrected chi connectivity index (χ0v) is 17.4. The Morgan fingerprint density at radius 3 is 2.77 bits per heavy atom. The molecule has 0 atom stereocenters. The Balaban J connectivity index is 2.02. The van der Waals surface area contributed by atoms with E-state index in [0.717, 1.165) is 17.8 Å². The Morgan fingerprint density at radius 2 is 2.10 bits per heavy atom. The third-order valence-corrected chi connectivity index (χ3v) is 5.58. The van der Waals surface area contributed by atoms with Crippen molar-refractivity contribution in [3.8, 4) is 0 Å². The number of hydrogen-bond acceptors (Lipinski definition) is 7. The number of nitro groups is 1. The first kappa shape index (κ1) is 21.8. The van der Waals surface area contributed by atoms with Crippen LogP contribution in [0.4, 0.5) is 5.69 Å². The van der Waals surface area contributed by atoms with E-state index in [-0.39, 0.29) is 29.1 Å². The van der Waals surface area contributed by atoms with E-state index in [2.05, 4.69) is 4.98 Å². The maximum Gasteiger partial charge on any atom is 0.274 e. The van der Waals surface area contributed by atoms with Crippen LogP contribution in [0.25, 0.3) is 10.9 Å². The summed E-state index contributed by atoms with van der Waals surface area (Å²) in [5.74, 6) is -0.598. The SMILES string of the molecule is COCCn1c(SCc2ccc(C(N)=O)cc2[N+](=O)[O-])nc2cc(Cl)ccc2c1=O. The van der Waals surface area contributed by atoms with Crippen LogP contribution in [0.3, 0.4) is 0 Å². The van der Waals surface area contributed by atoms with Crippen LogP contribution in [0.2, 0.25) is 5.02 Å². The van der Waals surface area contributed by atoms with Crippen LogP contribution in [0.5, 0.6) is 0 Å². The van der Waals surface area contributed by atoms with E-state index in [0.29, 0.717) is 33.3 Å². The van der Waals surface area contributed by atoms with Gasteiger partial charge in [-0.05, 0) is 24.3 Å². The average molecular weight is 449 g/mol. The molecule has 156 valence electrons. The summed E-state index contributed by atoms with van der Waals surface area (Å²) in [7, 11) is 1.52. The van der Waals surface area contributed by atoms with Crippen LogP contribution in [0.15, 0.2) is 46.3 Å². The first-order valence-corrected chi connectivity index (χ1v) is 10.1. The van der Waals surface area contributed by atoms with E-state index in [1.54, 1.807) is 18.2 Å². The molecule has 0 unspecified atom stereocenters. The Morgan fingerprint density at radius 1 is 1.33 bits per heavy atom. The highest BCUT2D eigenvalue weighted by atomic mass is 35.5. The molecule has 3 rings (SSSR count). The predicted octanol–water partition coefficient (Wildman–Crippen LogP) is 3.00. The number of nitrogens with two attached hydrogens (primary N) is 1. The van der Waals surface area contributed by atoms with Gasteiger partial charge < -0.3 is 10.5 Å². The van der Waals surface area contributed by atoms with Gasteiger partial charge in [0, 0.05) is 35.1 Å². The normalized spacial score (nSPS) is 11.0. The summed E-state index contributed by atoms with van der Waals surface area (Å²) in [4.78, 5) is 39.6. The summed E-state index contributed by atoms with van der Waals surface area (Å²) in [6, 6.07) is 8.86. The third kappa shape index (κ3) is 4.61. The van der Waals surface area contributed by atoms with Crippen molar-refractivity contribution in [1.82, 2.24) is 9.55 Å². The molecule has 0 saturated carbocycles. The molecule has 0 saturated heterocycles. The maximum atomic E-state index is 12.9. The second-order valence-corrected chi connectivity index (χ2v) is 7.64. The number of benzene rings is 2. The van der Waals surface area contributed by atoms with Gasteiger partial charge in [-0.3, -0.25) is 24.3 Å². The topological polar surface area (TPSA) is 130 Å². The monoisotopic (exact) mass is 448 g/mol. The van der Waals surface area contributed by atoms with E-state index in [4.69, 9.17) is 22.1 Å². The van der Waals surface area contributed by atoms with E-state index >= 15 is 0 Å². The van der Waals surface area contributed by atoms with Crippen molar-refractivity contribution in [3.05, 3.63) is 73.0 Å². The molecular formula is C19H17ClN4O5S. The van der Waals surface area contributed by atoms with Gasteiger partial charge in [0.2, 0.25) is 5.91 Å². The molecule has 0 spiro atoms. The molecule has 1 aromatic heterocycles. The van der Waals surface area contributed by atoms with Crippen LogP contribution in [0.1, 0.15) is 15.9 Å². The number of rotatable bonds is 8. The Kier molecular flexibility index (Phi) is 6.70. The van der Waals surface area contributed by atoms with Crippen LogP contribution < -0.4 is 11.3 Å². The number of halogens is 1. The second-order valence-electron chi connectivity index (χ2n) is 6.26. The van der Waals surface area contributed by atoms with Crippen molar-refractivity contribution in [1.29, 1.82) is 0 Å². The molecule has 30 heavy (non-hydrogen) atoms. The molecule has 11 heteroatoms. The number of carbonyl (C=O) groups excluding carboxylic acids is 1. The number of amides is 1. The fourth-order valence-electron chi connectivity index (χ4n) is 2.82. The largest absolute Gasteiger partial charge is 0.383 e. The smallest absolute Gasteiger partial charge is 0.274 e. The van der Waals surface area contributed by atoms with Crippen molar-refractivity contribution in [2.24, 2.45) is 5.73 Å². The molecule has 2 N–H and O–H groups in total. The Bertz CT molecular complexity index is 1200. The van der Waals surface area contributed by atoms with Crippen molar-refractivity contribution in [2.45, 2.75) is 17.5 Å². The minimum absolute atomic E-state index is 0.0472. The Labute approximate surface area is 179 Å². The number of primary amides is 1. The molecule has 9 nitrogen and oxygen atoms in total. The van der Waals surface area contributed by atoms with Gasteiger partial charge in [-0.2, -0.15) is 0 Å². The fourth-order valence-corrected chi connectivity index (χ4v) is 4.00. The van der Waals surface area contributed by atoms with Gasteiger partial charge >= 0.3 is 0 Å². The van der Waals surface area contributed by atoms with E-state index in [1.165, 1.54) is 23.8 Å². The number of ether oxygens (including phenoxy) is 1. The van der Waals surface area contributed by atoms with Gasteiger partial charge in [0.15, 0.2) is 5.16 Å². The number of aromatic nitrogens is 2. The first-order valence-electron chi connectivity index (χ1n) is 8.70. The van der Waals surface area contributed by atoms with Crippen LogP contribution in [0, 0.1) is 10.1 Å². The lowest BCUT2D eigenvalue weighted by molar-refractivity contribution is -0.385. The lowest BCUT2D eigenvalue weighted by Crippen LogP contribution is -2.25. The summed E-state index contributed by atoms with van der Waals surface area (Å²) < 4.78 is 6.55. The minimum Gasteiger partial charge on any atom is -0.383 e. The number of nitrogens with zero attached hydrogens (tertiary/aromatic N) is 3. The van der Waals surface area contributed by atoms with Gasteiger partial charge in [0.25, 0.3) is 11.2 Å². The standard InChI is InChI=1S/C19H17ClN4O5S/c1-29-7-6-23-18(26)14-5-4-13(20)9-15(14)22-19(23)30-10-12-3-2-11(17(21)25)8-16(12)24(27)28/h2-5,8-9H,6-7,10H2,1H3,(H2,21,25). The quantitative estimate of drug-likeness (QED) is 0.242. The molecule has 0 bridgehead atoms. The van der Waals surface area contributed by atoms with Crippen molar-refractivity contribution in [2.75, 3.05) is 13.7 Å². The molecule has 0 aliphatic heterocycles. The molecule has 0 aliphatic rings.